The molecule has 0 saturated carbocycles. The molecule has 1 unspecified atom stereocenters. The number of hydrogen-bond acceptors (Lipinski definition) is 5. The number of nitrogens with one attached hydrogen (secondary N) is 2. The number of thiophene rings is 1. The van der Waals surface area contributed by atoms with Crippen molar-refractivity contribution in [2.45, 2.75) is 31.8 Å². The lowest BCUT2D eigenvalue weighted by atomic mass is 10.0. The first-order valence-corrected chi connectivity index (χ1v) is 10.6. The van der Waals surface area contributed by atoms with Crippen molar-refractivity contribution in [3.63, 3.8) is 0 Å². The summed E-state index contributed by atoms with van der Waals surface area (Å²) in [5.41, 5.74) is 1.16. The molecule has 2 N–H and O–H groups in total. The number of carbonyl (C=O) groups is 1. The van der Waals surface area contributed by atoms with Crippen LogP contribution in [-0.2, 0) is 11.3 Å². The molecular formula is C19H18Cl2N4O2S. The zero-order valence-corrected chi connectivity index (χ0v) is 17.2. The van der Waals surface area contributed by atoms with Crippen molar-refractivity contribution in [2.75, 3.05) is 11.9 Å². The molecule has 1 aromatic carbocycles. The summed E-state index contributed by atoms with van der Waals surface area (Å²) in [7, 11) is 0. The molecule has 1 saturated heterocycles. The average Bonchev–Trinajstić information content (AvgIpc) is 3.14. The number of anilines is 1. The van der Waals surface area contributed by atoms with E-state index in [2.05, 4.69) is 20.2 Å². The molecule has 0 bridgehead atoms. The fourth-order valence-electron chi connectivity index (χ4n) is 3.47. The number of carbonyl (C=O) groups excluding carboxylic acids is 1. The quantitative estimate of drug-likeness (QED) is 0.639. The zero-order valence-electron chi connectivity index (χ0n) is 14.9. The Morgan fingerprint density at radius 1 is 1.29 bits per heavy atom. The van der Waals surface area contributed by atoms with Crippen molar-refractivity contribution in [2.24, 2.45) is 0 Å². The molecule has 1 amide bonds. The highest BCUT2D eigenvalue weighted by atomic mass is 35.5. The largest absolute Gasteiger partial charge is 0.325 e. The van der Waals surface area contributed by atoms with Gasteiger partial charge in [0.15, 0.2) is 0 Å². The van der Waals surface area contributed by atoms with Gasteiger partial charge in [-0.25, -0.2) is 4.98 Å². The molecule has 9 heteroatoms. The molecule has 0 radical (unpaired) electrons. The molecule has 146 valence electrons. The number of rotatable bonds is 4. The van der Waals surface area contributed by atoms with Crippen LogP contribution in [0.25, 0.3) is 10.2 Å². The summed E-state index contributed by atoms with van der Waals surface area (Å²) in [6, 6.07) is 6.56. The Morgan fingerprint density at radius 2 is 2.14 bits per heavy atom. The van der Waals surface area contributed by atoms with Crippen LogP contribution in [-0.4, -0.2) is 33.4 Å². The van der Waals surface area contributed by atoms with E-state index in [1.165, 1.54) is 11.3 Å². The van der Waals surface area contributed by atoms with Gasteiger partial charge in [0.05, 0.1) is 28.1 Å². The summed E-state index contributed by atoms with van der Waals surface area (Å²) in [5, 5.41) is 5.61. The van der Waals surface area contributed by atoms with E-state index in [1.54, 1.807) is 18.2 Å². The molecule has 1 aliphatic heterocycles. The van der Waals surface area contributed by atoms with Crippen molar-refractivity contribution in [1.82, 2.24) is 14.9 Å². The van der Waals surface area contributed by atoms with Crippen molar-refractivity contribution < 1.29 is 4.79 Å². The van der Waals surface area contributed by atoms with Crippen LogP contribution < -0.4 is 10.9 Å². The summed E-state index contributed by atoms with van der Waals surface area (Å²) in [5.74, 6) is 0.474. The molecule has 3 aromatic rings. The smallest absolute Gasteiger partial charge is 0.268 e. The summed E-state index contributed by atoms with van der Waals surface area (Å²) in [6.45, 7) is 1.19. The van der Waals surface area contributed by atoms with Gasteiger partial charge in [0.25, 0.3) is 5.56 Å². The topological polar surface area (TPSA) is 78.1 Å². The summed E-state index contributed by atoms with van der Waals surface area (Å²) >= 11 is 13.3. The maximum absolute atomic E-state index is 12.9. The minimum atomic E-state index is -0.299. The maximum Gasteiger partial charge on any atom is 0.268 e. The van der Waals surface area contributed by atoms with Gasteiger partial charge in [-0.15, -0.1) is 11.3 Å². The second-order valence-electron chi connectivity index (χ2n) is 6.75. The first kappa shape index (κ1) is 19.4. The van der Waals surface area contributed by atoms with E-state index in [1.807, 2.05) is 11.4 Å². The minimum Gasteiger partial charge on any atom is -0.325 e. The van der Waals surface area contributed by atoms with E-state index in [-0.39, 0.29) is 17.5 Å². The van der Waals surface area contributed by atoms with Gasteiger partial charge in [-0.1, -0.05) is 29.6 Å². The van der Waals surface area contributed by atoms with E-state index in [9.17, 15) is 9.59 Å². The van der Waals surface area contributed by atoms with Crippen LogP contribution in [0, 0.1) is 0 Å². The Balaban J connectivity index is 1.52. The van der Waals surface area contributed by atoms with Gasteiger partial charge in [0, 0.05) is 5.69 Å². The number of aromatic amines is 1. The monoisotopic (exact) mass is 436 g/mol. The standard InChI is InChI=1S/C19H18Cl2N4O2S/c20-12-5-4-11(9-13(12)21)22-18(26)15-3-1-2-7-25(15)10-16-23-14-6-8-28-17(14)19(27)24-16/h4-6,8-9,15H,1-3,7,10H2,(H,22,26)(H,23,24,27). The Labute approximate surface area is 175 Å². The van der Waals surface area contributed by atoms with E-state index in [0.29, 0.717) is 38.3 Å². The van der Waals surface area contributed by atoms with Crippen molar-refractivity contribution in [3.8, 4) is 0 Å². The maximum atomic E-state index is 12.9. The van der Waals surface area contributed by atoms with Gasteiger partial charge < -0.3 is 10.3 Å². The SMILES string of the molecule is O=C(Nc1ccc(Cl)c(Cl)c1)C1CCCCN1Cc1nc2ccsc2c(=O)[nH]1. The number of aromatic nitrogens is 2. The molecular weight excluding hydrogens is 419 g/mol. The predicted molar refractivity (Wildman–Crippen MR) is 113 cm³/mol. The van der Waals surface area contributed by atoms with Crippen LogP contribution in [0.15, 0.2) is 34.4 Å². The number of likely N-dealkylation sites (tertiary alicyclic amines) is 1. The molecule has 1 aliphatic rings. The van der Waals surface area contributed by atoms with E-state index >= 15 is 0 Å². The second kappa shape index (κ2) is 8.21. The zero-order chi connectivity index (χ0) is 19.7. The number of piperidine rings is 1. The van der Waals surface area contributed by atoms with Gasteiger partial charge in [-0.05, 0) is 49.0 Å². The first-order chi connectivity index (χ1) is 13.5. The highest BCUT2D eigenvalue weighted by Crippen LogP contribution is 2.26. The summed E-state index contributed by atoms with van der Waals surface area (Å²) in [4.78, 5) is 34.5. The number of nitrogens with zero attached hydrogens (tertiary/aromatic N) is 2. The molecule has 0 aliphatic carbocycles. The van der Waals surface area contributed by atoms with Crippen molar-refractivity contribution in [1.29, 1.82) is 0 Å². The van der Waals surface area contributed by atoms with Gasteiger partial charge in [0.1, 0.15) is 10.5 Å². The number of amides is 1. The van der Waals surface area contributed by atoms with E-state index < -0.39 is 0 Å². The molecule has 3 heterocycles. The highest BCUT2D eigenvalue weighted by molar-refractivity contribution is 7.17. The molecule has 4 rings (SSSR count). The van der Waals surface area contributed by atoms with Crippen LogP contribution in [0.1, 0.15) is 25.1 Å². The van der Waals surface area contributed by atoms with Gasteiger partial charge in [-0.2, -0.15) is 0 Å². The molecule has 2 aromatic heterocycles. The lowest BCUT2D eigenvalue weighted by Gasteiger charge is -2.34. The fourth-order valence-corrected chi connectivity index (χ4v) is 4.49. The third-order valence-corrected chi connectivity index (χ3v) is 6.46. The van der Waals surface area contributed by atoms with Crippen LogP contribution in [0.2, 0.25) is 10.0 Å². The Bertz CT molecular complexity index is 1080. The summed E-state index contributed by atoms with van der Waals surface area (Å²) < 4.78 is 0.622. The number of halogens is 2. The third kappa shape index (κ3) is 4.07. The lowest BCUT2D eigenvalue weighted by Crippen LogP contribution is -2.47. The molecule has 1 fully saturated rings. The van der Waals surface area contributed by atoms with Gasteiger partial charge >= 0.3 is 0 Å². The normalized spacial score (nSPS) is 17.7. The average molecular weight is 437 g/mol. The van der Waals surface area contributed by atoms with Gasteiger partial charge in [0.2, 0.25) is 5.91 Å². The Kier molecular flexibility index (Phi) is 5.68. The Morgan fingerprint density at radius 3 is 2.96 bits per heavy atom. The predicted octanol–water partition coefficient (Wildman–Crippen LogP) is 4.28. The molecule has 28 heavy (non-hydrogen) atoms. The van der Waals surface area contributed by atoms with Crippen LogP contribution in [0.5, 0.6) is 0 Å². The Hall–Kier alpha value is -1.93. The number of hydrogen-bond donors (Lipinski definition) is 2. The third-order valence-electron chi connectivity index (χ3n) is 4.82. The number of benzene rings is 1. The number of fused-ring (bicyclic) bond motifs is 1. The van der Waals surface area contributed by atoms with E-state index in [4.69, 9.17) is 23.2 Å². The lowest BCUT2D eigenvalue weighted by molar-refractivity contribution is -0.122. The number of H-pyrrole nitrogens is 1. The minimum absolute atomic E-state index is 0.1000. The second-order valence-corrected chi connectivity index (χ2v) is 8.48. The highest BCUT2D eigenvalue weighted by Gasteiger charge is 2.29. The summed E-state index contributed by atoms with van der Waals surface area (Å²) in [6.07, 6.45) is 2.73. The molecule has 6 nitrogen and oxygen atoms in total. The first-order valence-electron chi connectivity index (χ1n) is 8.97. The van der Waals surface area contributed by atoms with Crippen LogP contribution in [0.3, 0.4) is 0 Å². The van der Waals surface area contributed by atoms with Crippen LogP contribution in [0.4, 0.5) is 5.69 Å². The molecule has 1 atom stereocenters. The van der Waals surface area contributed by atoms with Crippen molar-refractivity contribution in [3.05, 3.63) is 55.9 Å². The molecule has 0 spiro atoms. The van der Waals surface area contributed by atoms with Gasteiger partial charge in [-0.3, -0.25) is 14.5 Å². The van der Waals surface area contributed by atoms with E-state index in [0.717, 1.165) is 25.8 Å². The van der Waals surface area contributed by atoms with Crippen molar-refractivity contribution >= 4 is 56.3 Å². The van der Waals surface area contributed by atoms with Crippen LogP contribution >= 0.6 is 34.5 Å². The fraction of sp³-hybridized carbons (Fsp3) is 0.316.